The van der Waals surface area contributed by atoms with Crippen LogP contribution in [0.5, 0.6) is 0 Å². The fraction of sp³-hybridized carbons (Fsp3) is 0.214. The molecule has 0 aliphatic rings. The predicted molar refractivity (Wildman–Crippen MR) is 72.4 cm³/mol. The zero-order valence-electron chi connectivity index (χ0n) is 10.5. The molecule has 0 fully saturated rings. The molecule has 20 heavy (non-hydrogen) atoms. The molecule has 0 aliphatic heterocycles. The number of rotatable bonds is 5. The minimum atomic E-state index is -1.41. The number of carbonyl (C=O) groups excluding carboxylic acids is 1. The number of aliphatic hydroxyl groups is 1. The number of halogens is 2. The van der Waals surface area contributed by atoms with Crippen molar-refractivity contribution >= 4 is 17.2 Å². The number of benzene rings is 1. The Morgan fingerprint density at radius 3 is 2.55 bits per heavy atom. The number of aliphatic hydroxyl groups excluding tert-OH is 1. The van der Waals surface area contributed by atoms with E-state index in [1.165, 1.54) is 17.4 Å². The van der Waals surface area contributed by atoms with E-state index in [2.05, 4.69) is 5.32 Å². The second-order valence-electron chi connectivity index (χ2n) is 4.21. The Bertz CT molecular complexity index is 567. The topological polar surface area (TPSA) is 49.3 Å². The summed E-state index contributed by atoms with van der Waals surface area (Å²) in [6.07, 6.45) is -1.23. The van der Waals surface area contributed by atoms with Crippen molar-refractivity contribution in [2.24, 2.45) is 0 Å². The van der Waals surface area contributed by atoms with Gasteiger partial charge < -0.3 is 10.4 Å². The van der Waals surface area contributed by atoms with Crippen molar-refractivity contribution < 1.29 is 18.7 Å². The maximum absolute atomic E-state index is 13.4. The Morgan fingerprint density at radius 2 is 1.95 bits per heavy atom. The van der Waals surface area contributed by atoms with Gasteiger partial charge in [-0.15, -0.1) is 11.3 Å². The fourth-order valence-corrected chi connectivity index (χ4v) is 2.48. The molecular formula is C14H13F2NO2S. The zero-order valence-corrected chi connectivity index (χ0v) is 11.3. The molecule has 1 heterocycles. The number of hydrogen-bond acceptors (Lipinski definition) is 3. The Hall–Kier alpha value is -1.79. The van der Waals surface area contributed by atoms with Gasteiger partial charge >= 0.3 is 0 Å². The Balaban J connectivity index is 1.92. The van der Waals surface area contributed by atoms with Crippen LogP contribution in [0.3, 0.4) is 0 Å². The summed E-state index contributed by atoms with van der Waals surface area (Å²) < 4.78 is 26.8. The molecule has 0 unspecified atom stereocenters. The van der Waals surface area contributed by atoms with Crippen molar-refractivity contribution in [1.82, 2.24) is 5.32 Å². The standard InChI is InChI=1S/C14H13F2NO2S/c15-10-4-1-5-11(16)14(10)12(18)8-17-13(19)7-9-3-2-6-20-9/h1-6,12,18H,7-8H2,(H,17,19)/t12-/m1/s1. The maximum atomic E-state index is 13.4. The lowest BCUT2D eigenvalue weighted by atomic mass is 10.1. The van der Waals surface area contributed by atoms with Crippen molar-refractivity contribution in [3.63, 3.8) is 0 Å². The molecule has 1 aromatic heterocycles. The van der Waals surface area contributed by atoms with E-state index in [1.807, 2.05) is 17.5 Å². The normalized spacial score (nSPS) is 12.2. The zero-order chi connectivity index (χ0) is 14.5. The smallest absolute Gasteiger partial charge is 0.225 e. The first-order chi connectivity index (χ1) is 9.58. The molecule has 0 bridgehead atoms. The van der Waals surface area contributed by atoms with Gasteiger partial charge in [-0.2, -0.15) is 0 Å². The van der Waals surface area contributed by atoms with Crippen LogP contribution in [0.1, 0.15) is 16.5 Å². The summed E-state index contributed by atoms with van der Waals surface area (Å²) in [7, 11) is 0. The molecule has 3 nitrogen and oxygen atoms in total. The summed E-state index contributed by atoms with van der Waals surface area (Å²) in [6.45, 7) is -0.234. The van der Waals surface area contributed by atoms with E-state index >= 15 is 0 Å². The van der Waals surface area contributed by atoms with E-state index in [1.54, 1.807) is 0 Å². The number of carbonyl (C=O) groups is 1. The lowest BCUT2D eigenvalue weighted by Crippen LogP contribution is -2.30. The van der Waals surface area contributed by atoms with Crippen LogP contribution in [0.4, 0.5) is 8.78 Å². The first-order valence-electron chi connectivity index (χ1n) is 5.99. The highest BCUT2D eigenvalue weighted by atomic mass is 32.1. The first kappa shape index (κ1) is 14.6. The average molecular weight is 297 g/mol. The van der Waals surface area contributed by atoms with Crippen molar-refractivity contribution in [3.8, 4) is 0 Å². The van der Waals surface area contributed by atoms with Crippen LogP contribution in [0, 0.1) is 11.6 Å². The fourth-order valence-electron chi connectivity index (χ4n) is 1.78. The monoisotopic (exact) mass is 297 g/mol. The van der Waals surface area contributed by atoms with Gasteiger partial charge in [-0.1, -0.05) is 12.1 Å². The van der Waals surface area contributed by atoms with Crippen molar-refractivity contribution in [2.45, 2.75) is 12.5 Å². The van der Waals surface area contributed by atoms with E-state index in [4.69, 9.17) is 0 Å². The van der Waals surface area contributed by atoms with Gasteiger partial charge in [0.1, 0.15) is 17.7 Å². The largest absolute Gasteiger partial charge is 0.386 e. The quantitative estimate of drug-likeness (QED) is 0.890. The molecule has 0 saturated carbocycles. The third kappa shape index (κ3) is 3.61. The summed E-state index contributed by atoms with van der Waals surface area (Å²) in [5, 5.41) is 14.1. The summed E-state index contributed by atoms with van der Waals surface area (Å²) in [4.78, 5) is 12.5. The van der Waals surface area contributed by atoms with Gasteiger partial charge in [0.2, 0.25) is 5.91 Å². The van der Waals surface area contributed by atoms with Crippen molar-refractivity contribution in [1.29, 1.82) is 0 Å². The molecule has 2 rings (SSSR count). The lowest BCUT2D eigenvalue weighted by molar-refractivity contribution is -0.120. The molecule has 1 atom stereocenters. The van der Waals surface area contributed by atoms with Crippen LogP contribution in [0.15, 0.2) is 35.7 Å². The minimum Gasteiger partial charge on any atom is -0.386 e. The van der Waals surface area contributed by atoms with Gasteiger partial charge in [0.05, 0.1) is 12.0 Å². The van der Waals surface area contributed by atoms with Gasteiger partial charge in [-0.05, 0) is 23.6 Å². The van der Waals surface area contributed by atoms with Crippen molar-refractivity contribution in [3.05, 3.63) is 57.8 Å². The Kier molecular flexibility index (Phi) is 4.81. The van der Waals surface area contributed by atoms with Crippen LogP contribution >= 0.6 is 11.3 Å². The molecule has 0 saturated heterocycles. The number of amides is 1. The van der Waals surface area contributed by atoms with E-state index in [0.29, 0.717) is 0 Å². The molecule has 106 valence electrons. The first-order valence-corrected chi connectivity index (χ1v) is 6.87. The van der Waals surface area contributed by atoms with Gasteiger partial charge in [0, 0.05) is 11.4 Å². The maximum Gasteiger partial charge on any atom is 0.225 e. The van der Waals surface area contributed by atoms with Crippen LogP contribution in [-0.4, -0.2) is 17.6 Å². The third-order valence-corrected chi connectivity index (χ3v) is 3.62. The molecular weight excluding hydrogens is 284 g/mol. The van der Waals surface area contributed by atoms with Gasteiger partial charge in [0.15, 0.2) is 0 Å². The molecule has 0 aliphatic carbocycles. The predicted octanol–water partition coefficient (Wildman–Crippen LogP) is 2.42. The van der Waals surface area contributed by atoms with Gasteiger partial charge in [-0.3, -0.25) is 4.79 Å². The van der Waals surface area contributed by atoms with Crippen molar-refractivity contribution in [2.75, 3.05) is 6.54 Å². The van der Waals surface area contributed by atoms with Gasteiger partial charge in [0.25, 0.3) is 0 Å². The van der Waals surface area contributed by atoms with Crippen LogP contribution in [0.2, 0.25) is 0 Å². The Labute approximate surface area is 118 Å². The second-order valence-corrected chi connectivity index (χ2v) is 5.24. The molecule has 0 radical (unpaired) electrons. The highest BCUT2D eigenvalue weighted by Crippen LogP contribution is 2.20. The van der Waals surface area contributed by atoms with Crippen LogP contribution < -0.4 is 5.32 Å². The van der Waals surface area contributed by atoms with E-state index in [0.717, 1.165) is 17.0 Å². The summed E-state index contributed by atoms with van der Waals surface area (Å²) in [5.41, 5.74) is -0.427. The highest BCUT2D eigenvalue weighted by molar-refractivity contribution is 7.10. The van der Waals surface area contributed by atoms with E-state index in [-0.39, 0.29) is 18.9 Å². The number of thiophene rings is 1. The number of hydrogen-bond donors (Lipinski definition) is 2. The average Bonchev–Trinajstić information content (AvgIpc) is 2.89. The summed E-state index contributed by atoms with van der Waals surface area (Å²) in [6, 6.07) is 6.99. The molecule has 1 aromatic carbocycles. The van der Waals surface area contributed by atoms with Crippen LogP contribution in [0.25, 0.3) is 0 Å². The summed E-state index contributed by atoms with van der Waals surface area (Å²) >= 11 is 1.44. The second kappa shape index (κ2) is 6.58. The lowest BCUT2D eigenvalue weighted by Gasteiger charge is -2.13. The van der Waals surface area contributed by atoms with E-state index < -0.39 is 23.3 Å². The Morgan fingerprint density at radius 1 is 1.25 bits per heavy atom. The molecule has 6 heteroatoms. The molecule has 0 spiro atoms. The molecule has 2 aromatic rings. The minimum absolute atomic E-state index is 0.185. The number of nitrogens with one attached hydrogen (secondary N) is 1. The molecule has 1 amide bonds. The third-order valence-electron chi connectivity index (χ3n) is 2.74. The SMILES string of the molecule is O=C(Cc1cccs1)NC[C@@H](O)c1c(F)cccc1F. The summed E-state index contributed by atoms with van der Waals surface area (Å²) in [5.74, 6) is -1.96. The van der Waals surface area contributed by atoms with E-state index in [9.17, 15) is 18.7 Å². The highest BCUT2D eigenvalue weighted by Gasteiger charge is 2.18. The molecule has 2 N–H and O–H groups in total. The van der Waals surface area contributed by atoms with Gasteiger partial charge in [-0.25, -0.2) is 8.78 Å². The van der Waals surface area contributed by atoms with Crippen LogP contribution in [-0.2, 0) is 11.2 Å².